The molecule has 2 rings (SSSR count). The van der Waals surface area contributed by atoms with Gasteiger partial charge in [0.2, 0.25) is 0 Å². The van der Waals surface area contributed by atoms with Gasteiger partial charge in [-0.05, 0) is 46.1 Å². The largest absolute Gasteiger partial charge is 0.300 e. The van der Waals surface area contributed by atoms with E-state index in [4.69, 9.17) is 0 Å². The molecule has 0 aromatic carbocycles. The number of rotatable bonds is 5. The summed E-state index contributed by atoms with van der Waals surface area (Å²) in [5.74, 6) is 0.544. The summed E-state index contributed by atoms with van der Waals surface area (Å²) in [6.45, 7) is 5.46. The molecule has 2 unspecified atom stereocenters. The number of hydrogen-bond donors (Lipinski definition) is 1. The second-order valence-electron chi connectivity index (χ2n) is 6.46. The lowest BCUT2D eigenvalue weighted by Crippen LogP contribution is -2.48. The molecule has 1 N–H and O–H groups in total. The molecule has 5 nitrogen and oxygen atoms in total. The highest BCUT2D eigenvalue weighted by Crippen LogP contribution is 2.25. The molecule has 0 radical (unpaired) electrons. The van der Waals surface area contributed by atoms with Crippen molar-refractivity contribution < 1.29 is 8.42 Å². The highest BCUT2D eigenvalue weighted by Gasteiger charge is 2.35. The first-order valence-electron chi connectivity index (χ1n) is 7.47. The Hall–Kier alpha value is -0.640. The maximum atomic E-state index is 11.6. The van der Waals surface area contributed by atoms with Crippen LogP contribution < -0.4 is 5.32 Å². The molecule has 1 saturated carbocycles. The van der Waals surface area contributed by atoms with Gasteiger partial charge in [-0.25, -0.2) is 8.42 Å². The lowest BCUT2D eigenvalue weighted by molar-refractivity contribution is 0.188. The molecular weight excluding hydrogens is 274 g/mol. The fourth-order valence-electron chi connectivity index (χ4n) is 2.93. The minimum absolute atomic E-state index is 0.221. The molecule has 0 amide bonds. The van der Waals surface area contributed by atoms with E-state index in [9.17, 15) is 13.7 Å². The van der Waals surface area contributed by atoms with Gasteiger partial charge in [0.05, 0.1) is 17.6 Å². The Balaban J connectivity index is 1.92. The van der Waals surface area contributed by atoms with Crippen molar-refractivity contribution in [2.75, 3.05) is 24.6 Å². The molecule has 2 fully saturated rings. The van der Waals surface area contributed by atoms with Crippen LogP contribution in [0.4, 0.5) is 0 Å². The van der Waals surface area contributed by atoms with E-state index in [2.05, 4.69) is 23.2 Å². The van der Waals surface area contributed by atoms with Crippen molar-refractivity contribution in [2.24, 2.45) is 0 Å². The first-order chi connectivity index (χ1) is 9.34. The van der Waals surface area contributed by atoms with Gasteiger partial charge in [-0.15, -0.1) is 0 Å². The Kier molecular flexibility index (Phi) is 4.73. The third-order valence-corrected chi connectivity index (χ3v) is 5.98. The molecule has 0 aromatic rings. The lowest BCUT2D eigenvalue weighted by atomic mass is 9.94. The Morgan fingerprint density at radius 3 is 2.70 bits per heavy atom. The minimum atomic E-state index is -2.87. The van der Waals surface area contributed by atoms with Gasteiger partial charge in [0.25, 0.3) is 0 Å². The van der Waals surface area contributed by atoms with Gasteiger partial charge in [0, 0.05) is 18.6 Å². The maximum absolute atomic E-state index is 11.6. The van der Waals surface area contributed by atoms with E-state index in [0.29, 0.717) is 24.8 Å². The monoisotopic (exact) mass is 299 g/mol. The van der Waals surface area contributed by atoms with Crippen LogP contribution in [0.1, 0.15) is 39.5 Å². The van der Waals surface area contributed by atoms with E-state index in [1.807, 2.05) is 6.92 Å². The van der Waals surface area contributed by atoms with Crippen LogP contribution in [0.25, 0.3) is 0 Å². The molecule has 114 valence electrons. The third-order valence-electron chi connectivity index (χ3n) is 4.26. The Labute approximate surface area is 122 Å². The Bertz CT molecular complexity index is 481. The summed E-state index contributed by atoms with van der Waals surface area (Å²) < 4.78 is 23.3. The van der Waals surface area contributed by atoms with Crippen LogP contribution in [0.15, 0.2) is 0 Å². The van der Waals surface area contributed by atoms with E-state index in [1.54, 1.807) is 0 Å². The first-order valence-corrected chi connectivity index (χ1v) is 9.29. The summed E-state index contributed by atoms with van der Waals surface area (Å²) in [4.78, 5) is 2.22. The highest BCUT2D eigenvalue weighted by molar-refractivity contribution is 7.91. The van der Waals surface area contributed by atoms with Crippen molar-refractivity contribution in [1.29, 1.82) is 5.26 Å². The van der Waals surface area contributed by atoms with Gasteiger partial charge in [-0.3, -0.25) is 10.2 Å². The molecule has 1 heterocycles. The van der Waals surface area contributed by atoms with Crippen LogP contribution >= 0.6 is 0 Å². The van der Waals surface area contributed by atoms with E-state index < -0.39 is 15.4 Å². The van der Waals surface area contributed by atoms with Crippen molar-refractivity contribution in [3.63, 3.8) is 0 Å². The summed E-state index contributed by atoms with van der Waals surface area (Å²) in [5.41, 5.74) is -0.508. The number of sulfone groups is 1. The SMILES string of the molecule is CC(CC(C)(C#N)NC1CC1)N1CCCS(=O)(=O)CC1. The molecule has 0 aromatic heterocycles. The first kappa shape index (κ1) is 15.7. The zero-order valence-corrected chi connectivity index (χ0v) is 13.2. The zero-order valence-electron chi connectivity index (χ0n) is 12.4. The highest BCUT2D eigenvalue weighted by atomic mass is 32.2. The van der Waals surface area contributed by atoms with Crippen molar-refractivity contribution in [2.45, 2.75) is 57.2 Å². The number of nitriles is 1. The normalized spacial score (nSPS) is 28.1. The van der Waals surface area contributed by atoms with Crippen LogP contribution in [0.2, 0.25) is 0 Å². The van der Waals surface area contributed by atoms with Crippen LogP contribution in [-0.4, -0.2) is 55.5 Å². The minimum Gasteiger partial charge on any atom is -0.300 e. The summed E-state index contributed by atoms with van der Waals surface area (Å²) >= 11 is 0. The molecule has 2 aliphatic rings. The van der Waals surface area contributed by atoms with Crippen LogP contribution in [0.5, 0.6) is 0 Å². The molecule has 2 atom stereocenters. The van der Waals surface area contributed by atoms with Gasteiger partial charge >= 0.3 is 0 Å². The van der Waals surface area contributed by atoms with Crippen molar-refractivity contribution in [1.82, 2.24) is 10.2 Å². The molecule has 0 spiro atoms. The summed E-state index contributed by atoms with van der Waals surface area (Å²) in [6, 6.07) is 3.11. The Morgan fingerprint density at radius 1 is 1.40 bits per heavy atom. The van der Waals surface area contributed by atoms with Crippen molar-refractivity contribution in [3.05, 3.63) is 0 Å². The van der Waals surface area contributed by atoms with Gasteiger partial charge in [0.1, 0.15) is 5.54 Å². The maximum Gasteiger partial charge on any atom is 0.151 e. The standard InChI is InChI=1S/C14H25N3O2S/c1-12(10-14(2,11-15)16-13-4-5-13)17-6-3-8-20(18,19)9-7-17/h12-13,16H,3-10H2,1-2H3. The fraction of sp³-hybridized carbons (Fsp3) is 0.929. The zero-order chi connectivity index (χ0) is 14.8. The van der Waals surface area contributed by atoms with E-state index in [-0.39, 0.29) is 11.8 Å². The van der Waals surface area contributed by atoms with E-state index in [1.165, 1.54) is 0 Å². The van der Waals surface area contributed by atoms with Gasteiger partial charge in [-0.2, -0.15) is 5.26 Å². The van der Waals surface area contributed by atoms with E-state index in [0.717, 1.165) is 25.8 Å². The summed E-state index contributed by atoms with van der Waals surface area (Å²) in [7, 11) is -2.87. The average molecular weight is 299 g/mol. The molecule has 1 aliphatic heterocycles. The molecule has 1 saturated heterocycles. The number of nitrogens with zero attached hydrogens (tertiary/aromatic N) is 2. The Morgan fingerprint density at radius 2 is 2.10 bits per heavy atom. The summed E-state index contributed by atoms with van der Waals surface area (Å²) in [5, 5.41) is 12.8. The van der Waals surface area contributed by atoms with Gasteiger partial charge < -0.3 is 0 Å². The molecule has 1 aliphatic carbocycles. The smallest absolute Gasteiger partial charge is 0.151 e. The second-order valence-corrected chi connectivity index (χ2v) is 8.76. The van der Waals surface area contributed by atoms with Crippen LogP contribution in [0.3, 0.4) is 0 Å². The average Bonchev–Trinajstić information content (AvgIpc) is 3.17. The van der Waals surface area contributed by atoms with Gasteiger partial charge in [-0.1, -0.05) is 0 Å². The molecule has 20 heavy (non-hydrogen) atoms. The van der Waals surface area contributed by atoms with Crippen molar-refractivity contribution >= 4 is 9.84 Å². The predicted octanol–water partition coefficient (Wildman–Crippen LogP) is 0.920. The third kappa shape index (κ3) is 4.44. The second kappa shape index (κ2) is 6.00. The van der Waals surface area contributed by atoms with Gasteiger partial charge in [0.15, 0.2) is 9.84 Å². The lowest BCUT2D eigenvalue weighted by Gasteiger charge is -2.33. The van der Waals surface area contributed by atoms with Crippen LogP contribution in [0, 0.1) is 11.3 Å². The number of nitrogens with one attached hydrogen (secondary N) is 1. The number of hydrogen-bond acceptors (Lipinski definition) is 5. The predicted molar refractivity (Wildman–Crippen MR) is 79.1 cm³/mol. The molecule has 6 heteroatoms. The quantitative estimate of drug-likeness (QED) is 0.817. The topological polar surface area (TPSA) is 73.2 Å². The molecular formula is C14H25N3O2S. The van der Waals surface area contributed by atoms with E-state index >= 15 is 0 Å². The molecule has 0 bridgehead atoms. The fourth-order valence-corrected chi connectivity index (χ4v) is 4.22. The summed E-state index contributed by atoms with van der Waals surface area (Å²) in [6.07, 6.45) is 3.76. The van der Waals surface area contributed by atoms with Crippen molar-refractivity contribution in [3.8, 4) is 6.07 Å². The van der Waals surface area contributed by atoms with Crippen LogP contribution in [-0.2, 0) is 9.84 Å².